The molecule has 1 aromatic carbocycles. The fourth-order valence-electron chi connectivity index (χ4n) is 1.62. The Hall–Kier alpha value is -2.93. The van der Waals surface area contributed by atoms with Gasteiger partial charge in [0.05, 0.1) is 12.2 Å². The van der Waals surface area contributed by atoms with E-state index in [4.69, 9.17) is 16.6 Å². The summed E-state index contributed by atoms with van der Waals surface area (Å²) in [5, 5.41) is 16.0. The molecule has 2 rings (SSSR count). The van der Waals surface area contributed by atoms with Crippen molar-refractivity contribution in [2.75, 3.05) is 5.32 Å². The Morgan fingerprint density at radius 1 is 1.18 bits per heavy atom. The third-order valence-corrected chi connectivity index (χ3v) is 2.78. The summed E-state index contributed by atoms with van der Waals surface area (Å²) in [6.45, 7) is 0. The first-order chi connectivity index (χ1) is 10.6. The molecule has 1 amide bonds. The lowest BCUT2D eigenvalue weighted by Crippen LogP contribution is -2.34. The molecule has 0 bridgehead atoms. The second kappa shape index (κ2) is 7.19. The van der Waals surface area contributed by atoms with Gasteiger partial charge in [-0.2, -0.15) is 0 Å². The van der Waals surface area contributed by atoms with Gasteiger partial charge in [0.2, 0.25) is 5.91 Å². The summed E-state index contributed by atoms with van der Waals surface area (Å²) >= 11 is 4.96. The molecular formula is C15H11N2O4S-. The Kier molecular flexibility index (Phi) is 5.05. The number of anilines is 1. The van der Waals surface area contributed by atoms with Gasteiger partial charge in [0, 0.05) is 17.3 Å². The summed E-state index contributed by atoms with van der Waals surface area (Å²) in [6.07, 6.45) is 4.21. The molecule has 2 N–H and O–H groups in total. The van der Waals surface area contributed by atoms with E-state index in [0.29, 0.717) is 5.76 Å². The van der Waals surface area contributed by atoms with E-state index in [1.165, 1.54) is 30.5 Å². The fraction of sp³-hybridized carbons (Fsp3) is 0. The van der Waals surface area contributed by atoms with Gasteiger partial charge in [-0.05, 0) is 36.5 Å². The highest BCUT2D eigenvalue weighted by molar-refractivity contribution is 7.80. The van der Waals surface area contributed by atoms with E-state index in [2.05, 4.69) is 10.6 Å². The van der Waals surface area contributed by atoms with Crippen molar-refractivity contribution in [2.24, 2.45) is 0 Å². The van der Waals surface area contributed by atoms with Crippen LogP contribution >= 0.6 is 12.2 Å². The van der Waals surface area contributed by atoms with Gasteiger partial charge < -0.3 is 19.6 Å². The summed E-state index contributed by atoms with van der Waals surface area (Å²) in [6, 6.07) is 9.47. The van der Waals surface area contributed by atoms with Crippen molar-refractivity contribution in [1.29, 1.82) is 0 Å². The van der Waals surface area contributed by atoms with E-state index < -0.39 is 11.9 Å². The minimum Gasteiger partial charge on any atom is -0.545 e. The Balaban J connectivity index is 1.96. The maximum absolute atomic E-state index is 11.7. The Morgan fingerprint density at radius 3 is 2.64 bits per heavy atom. The second-order valence-corrected chi connectivity index (χ2v) is 4.53. The number of nitrogens with one attached hydrogen (secondary N) is 2. The molecule has 0 fully saturated rings. The average molecular weight is 315 g/mol. The number of carbonyl (C=O) groups excluding carboxylic acids is 2. The molecule has 22 heavy (non-hydrogen) atoms. The van der Waals surface area contributed by atoms with Crippen molar-refractivity contribution in [2.45, 2.75) is 0 Å². The Labute approximate surface area is 131 Å². The number of carboxylic acid groups (broad SMARTS) is 1. The lowest BCUT2D eigenvalue weighted by atomic mass is 10.2. The molecule has 0 radical (unpaired) electrons. The van der Waals surface area contributed by atoms with Crippen molar-refractivity contribution in [3.05, 3.63) is 60.1 Å². The Morgan fingerprint density at radius 2 is 1.95 bits per heavy atom. The van der Waals surface area contributed by atoms with Crippen LogP contribution in [0, 0.1) is 0 Å². The zero-order valence-electron chi connectivity index (χ0n) is 11.2. The average Bonchev–Trinajstić information content (AvgIpc) is 2.98. The van der Waals surface area contributed by atoms with Crippen LogP contribution in [0.4, 0.5) is 5.69 Å². The number of thiocarbonyl (C=S) groups is 1. The predicted molar refractivity (Wildman–Crippen MR) is 82.9 cm³/mol. The summed E-state index contributed by atoms with van der Waals surface area (Å²) in [5.41, 5.74) is 0.188. The van der Waals surface area contributed by atoms with Crippen LogP contribution in [0.5, 0.6) is 0 Å². The van der Waals surface area contributed by atoms with Crippen molar-refractivity contribution in [1.82, 2.24) is 5.32 Å². The molecule has 0 unspecified atom stereocenters. The monoisotopic (exact) mass is 315 g/mol. The van der Waals surface area contributed by atoms with Gasteiger partial charge in [-0.1, -0.05) is 18.2 Å². The number of furan rings is 1. The summed E-state index contributed by atoms with van der Waals surface area (Å²) in [5.74, 6) is -1.29. The molecule has 2 aromatic rings. The topological polar surface area (TPSA) is 94.4 Å². The maximum Gasteiger partial charge on any atom is 0.250 e. The normalized spacial score (nSPS) is 10.4. The van der Waals surface area contributed by atoms with Crippen molar-refractivity contribution in [3.8, 4) is 0 Å². The SMILES string of the molecule is O=C(/C=C/c1ccco1)NC(=S)Nc1ccccc1C(=O)[O-]. The second-order valence-electron chi connectivity index (χ2n) is 4.13. The smallest absolute Gasteiger partial charge is 0.250 e. The molecule has 0 aliphatic heterocycles. The first-order valence-electron chi connectivity index (χ1n) is 6.20. The van der Waals surface area contributed by atoms with Crippen LogP contribution in [0.1, 0.15) is 16.1 Å². The van der Waals surface area contributed by atoms with Gasteiger partial charge in [-0.3, -0.25) is 10.1 Å². The maximum atomic E-state index is 11.7. The first kappa shape index (κ1) is 15.5. The molecule has 0 spiro atoms. The molecule has 0 saturated carbocycles. The number of para-hydroxylation sites is 1. The molecule has 7 heteroatoms. The van der Waals surface area contributed by atoms with Gasteiger partial charge in [-0.15, -0.1) is 0 Å². The van der Waals surface area contributed by atoms with Gasteiger partial charge in [0.25, 0.3) is 0 Å². The first-order valence-corrected chi connectivity index (χ1v) is 6.61. The minimum absolute atomic E-state index is 0.0252. The molecule has 112 valence electrons. The van der Waals surface area contributed by atoms with Gasteiger partial charge in [0.15, 0.2) is 5.11 Å². The lowest BCUT2D eigenvalue weighted by molar-refractivity contribution is -0.254. The van der Waals surface area contributed by atoms with Crippen LogP contribution in [0.2, 0.25) is 0 Å². The quantitative estimate of drug-likeness (QED) is 0.650. The summed E-state index contributed by atoms with van der Waals surface area (Å²) in [7, 11) is 0. The minimum atomic E-state index is -1.34. The van der Waals surface area contributed by atoms with E-state index in [0.717, 1.165) is 0 Å². The van der Waals surface area contributed by atoms with Crippen LogP contribution in [0.3, 0.4) is 0 Å². The highest BCUT2D eigenvalue weighted by Crippen LogP contribution is 2.13. The van der Waals surface area contributed by atoms with Crippen molar-refractivity contribution in [3.63, 3.8) is 0 Å². The Bertz CT molecular complexity index is 723. The van der Waals surface area contributed by atoms with E-state index >= 15 is 0 Å². The standard InChI is InChI=1S/C15H12N2O4S/c18-13(8-7-10-4-3-9-21-10)17-15(22)16-12-6-2-1-5-11(12)14(19)20/h1-9H,(H,19,20)(H2,16,17,18,22)/p-1/b8-7+. The number of amides is 1. The number of rotatable bonds is 4. The molecule has 0 aliphatic carbocycles. The highest BCUT2D eigenvalue weighted by atomic mass is 32.1. The molecule has 0 saturated heterocycles. The van der Waals surface area contributed by atoms with E-state index in [9.17, 15) is 14.7 Å². The molecular weight excluding hydrogens is 304 g/mol. The summed E-state index contributed by atoms with van der Waals surface area (Å²) < 4.78 is 5.04. The summed E-state index contributed by atoms with van der Waals surface area (Å²) in [4.78, 5) is 22.6. The lowest BCUT2D eigenvalue weighted by Gasteiger charge is -2.13. The number of hydrogen-bond acceptors (Lipinski definition) is 5. The van der Waals surface area contributed by atoms with Crippen LogP contribution in [-0.4, -0.2) is 17.0 Å². The molecule has 6 nitrogen and oxygen atoms in total. The van der Waals surface area contributed by atoms with Crippen molar-refractivity contribution >= 4 is 41.0 Å². The third kappa shape index (κ3) is 4.29. The largest absolute Gasteiger partial charge is 0.545 e. The number of carbonyl (C=O) groups is 2. The molecule has 1 heterocycles. The zero-order valence-corrected chi connectivity index (χ0v) is 12.1. The van der Waals surface area contributed by atoms with Gasteiger partial charge in [-0.25, -0.2) is 0 Å². The molecule has 0 atom stereocenters. The van der Waals surface area contributed by atoms with Gasteiger partial charge in [0.1, 0.15) is 5.76 Å². The van der Waals surface area contributed by atoms with E-state index in [1.807, 2.05) is 0 Å². The van der Waals surface area contributed by atoms with Gasteiger partial charge >= 0.3 is 0 Å². The van der Waals surface area contributed by atoms with E-state index in [-0.39, 0.29) is 16.4 Å². The van der Waals surface area contributed by atoms with Crippen LogP contribution in [0.25, 0.3) is 6.08 Å². The highest BCUT2D eigenvalue weighted by Gasteiger charge is 2.06. The van der Waals surface area contributed by atoms with Crippen LogP contribution in [-0.2, 0) is 4.79 Å². The number of aromatic carboxylic acids is 1. The number of carboxylic acids is 1. The molecule has 0 aliphatic rings. The zero-order chi connectivity index (χ0) is 15.9. The van der Waals surface area contributed by atoms with Crippen LogP contribution < -0.4 is 15.7 Å². The molecule has 1 aromatic heterocycles. The van der Waals surface area contributed by atoms with Crippen LogP contribution in [0.15, 0.2) is 53.2 Å². The van der Waals surface area contributed by atoms with Crippen molar-refractivity contribution < 1.29 is 19.1 Å². The van der Waals surface area contributed by atoms with E-state index in [1.54, 1.807) is 24.3 Å². The fourth-order valence-corrected chi connectivity index (χ4v) is 1.83. The number of hydrogen-bond donors (Lipinski definition) is 2. The number of benzene rings is 1. The third-order valence-electron chi connectivity index (χ3n) is 2.57. The predicted octanol–water partition coefficient (Wildman–Crippen LogP) is 1.17.